The first-order valence-electron chi connectivity index (χ1n) is 24.8. The molecule has 1 unspecified atom stereocenters. The Labute approximate surface area is 411 Å². The van der Waals surface area contributed by atoms with Crippen molar-refractivity contribution < 1.29 is 38.2 Å². The molecular formula is C54H70N8O8. The number of hydrogen-bond acceptors (Lipinski definition) is 11. The van der Waals surface area contributed by atoms with E-state index >= 15 is 0 Å². The van der Waals surface area contributed by atoms with Crippen LogP contribution < -0.4 is 10.7 Å². The monoisotopic (exact) mass is 959 g/mol. The highest BCUT2D eigenvalue weighted by Crippen LogP contribution is 2.42. The van der Waals surface area contributed by atoms with Gasteiger partial charge in [0.1, 0.15) is 24.9 Å². The van der Waals surface area contributed by atoms with Crippen LogP contribution in [-0.2, 0) is 57.6 Å². The molecule has 16 nitrogen and oxygen atoms in total. The maximum absolute atomic E-state index is 14.8. The van der Waals surface area contributed by atoms with Crippen molar-refractivity contribution in [2.75, 3.05) is 60.7 Å². The van der Waals surface area contributed by atoms with E-state index in [0.29, 0.717) is 51.9 Å². The molecule has 374 valence electrons. The fourth-order valence-electron chi connectivity index (χ4n) is 10.6. The third kappa shape index (κ3) is 10.3. The van der Waals surface area contributed by atoms with Crippen molar-refractivity contribution in [1.29, 1.82) is 0 Å². The second-order valence-electron chi connectivity index (χ2n) is 20.8. The Morgan fingerprint density at radius 2 is 1.83 bits per heavy atom. The van der Waals surface area contributed by atoms with Crippen LogP contribution in [0.4, 0.5) is 0 Å². The van der Waals surface area contributed by atoms with Gasteiger partial charge in [-0.05, 0) is 99.6 Å². The molecule has 5 atom stereocenters. The van der Waals surface area contributed by atoms with Gasteiger partial charge in [-0.3, -0.25) is 34.0 Å². The van der Waals surface area contributed by atoms with E-state index in [1.165, 1.54) is 16.0 Å². The number of nitrogens with zero attached hydrogens (tertiary/aromatic N) is 6. The third-order valence-electron chi connectivity index (χ3n) is 14.3. The lowest BCUT2D eigenvalue weighted by atomic mass is 9.84. The van der Waals surface area contributed by atoms with Crippen molar-refractivity contribution in [2.45, 2.75) is 110 Å². The summed E-state index contributed by atoms with van der Waals surface area (Å²) in [6.07, 6.45) is 6.86. The molecule has 2 aromatic carbocycles. The average molecular weight is 959 g/mol. The summed E-state index contributed by atoms with van der Waals surface area (Å²) in [4.78, 5) is 80.8. The van der Waals surface area contributed by atoms with Gasteiger partial charge in [-0.2, -0.15) is 0 Å². The number of pyridine rings is 1. The standard InChI is InChI=1S/C54H70N8O8/c1-10-60-44-21-20-38-29-40(44)41(48(60)39-17-12-23-55-46(39)35(4)68-9)30-53(5,6)32-69-51(66)42-18-13-25-62(57-42)50(65)43(28-36-15-11-16-37(38)27-36)56-49(64)47(34(2)3)61-33-70-54(52(61)67)22-26-59(31-54)45(63)19-14-24-58(7)8/h11-12,14-17,19-21,23,27,29,34-35,42-43,47,57H,10,13,18,22,24-26,28,30-33H2,1-9H3,(H,56,64)/b19-14+/t35-,42-,43-,47?,54+/m0/s1. The Balaban J connectivity index is 1.14. The van der Waals surface area contributed by atoms with E-state index in [2.05, 4.69) is 72.5 Å². The Morgan fingerprint density at radius 3 is 2.57 bits per heavy atom. The van der Waals surface area contributed by atoms with E-state index in [9.17, 15) is 24.0 Å². The van der Waals surface area contributed by atoms with Gasteiger partial charge in [-0.25, -0.2) is 5.43 Å². The van der Waals surface area contributed by atoms with Gasteiger partial charge in [0.05, 0.1) is 30.6 Å². The fraction of sp³-hybridized carbons (Fsp3) is 0.519. The van der Waals surface area contributed by atoms with E-state index < -0.39 is 46.9 Å². The van der Waals surface area contributed by atoms with Crippen molar-refractivity contribution in [3.63, 3.8) is 0 Å². The zero-order valence-electron chi connectivity index (χ0n) is 42.2. The molecule has 70 heavy (non-hydrogen) atoms. The highest BCUT2D eigenvalue weighted by molar-refractivity contribution is 5.97. The molecule has 0 aliphatic carbocycles. The van der Waals surface area contributed by atoms with E-state index in [1.54, 1.807) is 24.3 Å². The van der Waals surface area contributed by atoms with E-state index in [-0.39, 0.29) is 50.1 Å². The summed E-state index contributed by atoms with van der Waals surface area (Å²) in [6.45, 7) is 14.1. The van der Waals surface area contributed by atoms with E-state index in [4.69, 9.17) is 19.2 Å². The predicted molar refractivity (Wildman–Crippen MR) is 267 cm³/mol. The fourth-order valence-corrected chi connectivity index (χ4v) is 10.6. The van der Waals surface area contributed by atoms with Crippen molar-refractivity contribution in [1.82, 2.24) is 40.0 Å². The van der Waals surface area contributed by atoms with Gasteiger partial charge in [0.15, 0.2) is 5.60 Å². The number of aryl methyl sites for hydroxylation is 1. The molecule has 0 saturated carbocycles. The molecule has 3 fully saturated rings. The largest absolute Gasteiger partial charge is 0.464 e. The number of likely N-dealkylation sites (tertiary alicyclic amines) is 1. The van der Waals surface area contributed by atoms with Crippen molar-refractivity contribution in [3.05, 3.63) is 89.8 Å². The van der Waals surface area contributed by atoms with Gasteiger partial charge >= 0.3 is 5.97 Å². The smallest absolute Gasteiger partial charge is 0.324 e. The molecule has 4 aromatic rings. The molecule has 3 saturated heterocycles. The summed E-state index contributed by atoms with van der Waals surface area (Å²) in [5.41, 5.74) is 9.16. The number of hydrogen-bond donors (Lipinski definition) is 2. The Kier molecular flexibility index (Phi) is 15.0. The predicted octanol–water partition coefficient (Wildman–Crippen LogP) is 5.68. The molecule has 6 heterocycles. The number of aromatic nitrogens is 2. The van der Waals surface area contributed by atoms with Gasteiger partial charge in [0.25, 0.3) is 11.8 Å². The van der Waals surface area contributed by atoms with Crippen molar-refractivity contribution >= 4 is 40.5 Å². The van der Waals surface area contributed by atoms with E-state index in [1.807, 2.05) is 58.0 Å². The lowest BCUT2D eigenvalue weighted by Crippen LogP contribution is -2.62. The zero-order valence-corrected chi connectivity index (χ0v) is 42.2. The number of fused-ring (bicyclic) bond motifs is 6. The minimum Gasteiger partial charge on any atom is -0.464 e. The summed E-state index contributed by atoms with van der Waals surface area (Å²) in [5, 5.41) is 5.58. The Bertz CT molecular complexity index is 2660. The minimum atomic E-state index is -1.26. The van der Waals surface area contributed by atoms with Crippen LogP contribution in [-0.4, -0.2) is 143 Å². The summed E-state index contributed by atoms with van der Waals surface area (Å²) in [5.74, 6) is -2.29. The van der Waals surface area contributed by atoms with Crippen molar-refractivity contribution in [2.24, 2.45) is 11.3 Å². The normalized spacial score (nSPS) is 22.9. The van der Waals surface area contributed by atoms with Crippen LogP contribution >= 0.6 is 0 Å². The summed E-state index contributed by atoms with van der Waals surface area (Å²) in [7, 11) is 5.52. The molecule has 2 N–H and O–H groups in total. The second-order valence-corrected chi connectivity index (χ2v) is 20.8. The first-order valence-corrected chi connectivity index (χ1v) is 24.8. The summed E-state index contributed by atoms with van der Waals surface area (Å²) >= 11 is 0. The van der Waals surface area contributed by atoms with Gasteiger partial charge in [0.2, 0.25) is 11.8 Å². The van der Waals surface area contributed by atoms with Gasteiger partial charge in [0, 0.05) is 80.3 Å². The highest BCUT2D eigenvalue weighted by atomic mass is 16.5. The Morgan fingerprint density at radius 1 is 1.04 bits per heavy atom. The number of carbonyl (C=O) groups excluding carboxylic acids is 5. The minimum absolute atomic E-state index is 0.0814. The molecule has 8 rings (SSSR count). The lowest BCUT2D eigenvalue weighted by Gasteiger charge is -2.36. The number of esters is 1. The number of rotatable bonds is 11. The highest BCUT2D eigenvalue weighted by Gasteiger charge is 2.56. The van der Waals surface area contributed by atoms with Crippen LogP contribution in [0.1, 0.15) is 83.7 Å². The molecule has 16 heteroatoms. The zero-order chi connectivity index (χ0) is 50.1. The van der Waals surface area contributed by atoms with Crippen LogP contribution in [0.25, 0.3) is 33.3 Å². The maximum Gasteiger partial charge on any atom is 0.324 e. The third-order valence-corrected chi connectivity index (χ3v) is 14.3. The summed E-state index contributed by atoms with van der Waals surface area (Å²) in [6, 6.07) is 15.7. The van der Waals surface area contributed by atoms with Gasteiger partial charge in [-0.1, -0.05) is 64.1 Å². The number of ether oxygens (including phenoxy) is 3. The molecule has 6 bridgehead atoms. The lowest BCUT2D eigenvalue weighted by molar-refractivity contribution is -0.155. The number of hydrazine groups is 1. The first-order chi connectivity index (χ1) is 33.4. The Hall–Kier alpha value is -5.94. The number of methoxy groups -OCH3 is 1. The number of cyclic esters (lactones) is 1. The molecule has 4 aliphatic rings. The van der Waals surface area contributed by atoms with Crippen molar-refractivity contribution in [3.8, 4) is 22.4 Å². The van der Waals surface area contributed by atoms with Crippen LogP contribution in [0, 0.1) is 11.3 Å². The number of benzene rings is 2. The van der Waals surface area contributed by atoms with E-state index in [0.717, 1.165) is 50.1 Å². The van der Waals surface area contributed by atoms with Gasteiger partial charge in [-0.15, -0.1) is 0 Å². The second kappa shape index (κ2) is 20.8. The number of nitrogens with one attached hydrogen (secondary N) is 2. The SMILES string of the molecule is CCn1c(-c2cccnc2[C@H](C)OC)c2c3cc(ccc31)-c1cccc(c1)C[C@H](NC(=O)C(C(C)C)N1CO[C@@]3(CCN(C(=O)/C=C/CN(C)C)C3)C1=O)C(=O)N1CCC[C@H](N1)C(=O)OCC(C)(C)C2. The molecule has 4 aliphatic heterocycles. The van der Waals surface area contributed by atoms with Crippen LogP contribution in [0.2, 0.25) is 0 Å². The number of amides is 4. The number of likely N-dealkylation sites (N-methyl/N-ethyl adjacent to an activating group) is 1. The average Bonchev–Trinajstić information content (AvgIpc) is 4.02. The molecule has 1 spiro atoms. The quantitative estimate of drug-likeness (QED) is 0.140. The topological polar surface area (TPSA) is 168 Å². The van der Waals surface area contributed by atoms with Crippen LogP contribution in [0.15, 0.2) is 72.9 Å². The summed E-state index contributed by atoms with van der Waals surface area (Å²) < 4.78 is 20.5. The molecule has 4 amide bonds. The number of carbonyl (C=O) groups is 5. The van der Waals surface area contributed by atoms with Crippen LogP contribution in [0.3, 0.4) is 0 Å². The molecular weight excluding hydrogens is 889 g/mol. The van der Waals surface area contributed by atoms with Gasteiger partial charge < -0.3 is 38.8 Å². The van der Waals surface area contributed by atoms with Crippen LogP contribution in [0.5, 0.6) is 0 Å². The molecule has 0 radical (unpaired) electrons. The first kappa shape index (κ1) is 50.4. The maximum atomic E-state index is 14.8. The molecule has 2 aromatic heterocycles.